The van der Waals surface area contributed by atoms with Crippen LogP contribution in [0.2, 0.25) is 0 Å². The maximum absolute atomic E-state index is 11.9. The summed E-state index contributed by atoms with van der Waals surface area (Å²) in [5.74, 6) is -0.980. The standard InChI is InChI=1S/C24H47N3O2.C3H4O2/c1-2-3-4-5-6-7-8-9-10-12-18-25-23(28)16-17-24(29)26-19-15-22-27-20-13-11-14-21-27;1-2-3(4)5/h2-22H2,1H3,(H,25,28)(H,26,29);2H,1H2,(H,4,5). The Labute approximate surface area is 208 Å². The van der Waals surface area contributed by atoms with Crippen LogP contribution in [0.1, 0.15) is 110 Å². The Kier molecular flexibility index (Phi) is 22.9. The van der Waals surface area contributed by atoms with E-state index in [1.165, 1.54) is 90.1 Å². The fraction of sp³-hybridized carbons (Fsp3) is 0.815. The summed E-state index contributed by atoms with van der Waals surface area (Å²) in [5.41, 5.74) is 0. The zero-order chi connectivity index (χ0) is 25.3. The molecule has 0 aromatic heterocycles. The lowest BCUT2D eigenvalue weighted by molar-refractivity contribution is -0.131. The van der Waals surface area contributed by atoms with Crippen LogP contribution in [-0.4, -0.2) is 60.5 Å². The normalized spacial score (nSPS) is 13.4. The van der Waals surface area contributed by atoms with Gasteiger partial charge in [-0.05, 0) is 45.3 Å². The molecule has 0 aromatic carbocycles. The van der Waals surface area contributed by atoms with Gasteiger partial charge >= 0.3 is 5.97 Å². The number of hydrogen-bond donors (Lipinski definition) is 3. The molecule has 1 rings (SSSR count). The van der Waals surface area contributed by atoms with E-state index in [2.05, 4.69) is 29.0 Å². The minimum Gasteiger partial charge on any atom is -0.478 e. The molecule has 1 heterocycles. The highest BCUT2D eigenvalue weighted by Crippen LogP contribution is 2.10. The lowest BCUT2D eigenvalue weighted by Gasteiger charge is -2.26. The Hall–Kier alpha value is -1.89. The number of amides is 2. The molecule has 2 amide bonds. The Morgan fingerprint density at radius 1 is 0.765 bits per heavy atom. The number of nitrogens with one attached hydrogen (secondary N) is 2. The molecule has 0 spiro atoms. The van der Waals surface area contributed by atoms with Gasteiger partial charge in [-0.25, -0.2) is 4.79 Å². The van der Waals surface area contributed by atoms with E-state index in [1.54, 1.807) is 0 Å². The molecular formula is C27H51N3O4. The van der Waals surface area contributed by atoms with E-state index in [4.69, 9.17) is 5.11 Å². The molecule has 198 valence electrons. The van der Waals surface area contributed by atoms with Gasteiger partial charge in [0, 0.05) is 32.0 Å². The quantitative estimate of drug-likeness (QED) is 0.177. The minimum atomic E-state index is -0.981. The van der Waals surface area contributed by atoms with Gasteiger partial charge in [-0.2, -0.15) is 0 Å². The number of hydrogen-bond acceptors (Lipinski definition) is 4. The lowest BCUT2D eigenvalue weighted by Crippen LogP contribution is -2.33. The molecule has 0 bridgehead atoms. The molecule has 3 N–H and O–H groups in total. The third-order valence-electron chi connectivity index (χ3n) is 6.03. The summed E-state index contributed by atoms with van der Waals surface area (Å²) >= 11 is 0. The number of carboxylic acids is 1. The van der Waals surface area contributed by atoms with Crippen LogP contribution in [0.15, 0.2) is 12.7 Å². The van der Waals surface area contributed by atoms with Gasteiger partial charge in [0.2, 0.25) is 11.8 Å². The lowest BCUT2D eigenvalue weighted by atomic mass is 10.1. The summed E-state index contributed by atoms with van der Waals surface area (Å²) in [6.07, 6.45) is 19.4. The van der Waals surface area contributed by atoms with Crippen LogP contribution in [0.25, 0.3) is 0 Å². The number of nitrogens with zero attached hydrogens (tertiary/aromatic N) is 1. The Morgan fingerprint density at radius 3 is 1.68 bits per heavy atom. The summed E-state index contributed by atoms with van der Waals surface area (Å²) in [4.78, 5) is 35.4. The number of piperidine rings is 1. The predicted octanol–water partition coefficient (Wildman–Crippen LogP) is 5.05. The van der Waals surface area contributed by atoms with Crippen molar-refractivity contribution in [3.8, 4) is 0 Å². The van der Waals surface area contributed by atoms with Gasteiger partial charge in [-0.1, -0.05) is 77.7 Å². The molecule has 1 aliphatic heterocycles. The zero-order valence-corrected chi connectivity index (χ0v) is 21.8. The van der Waals surface area contributed by atoms with Gasteiger partial charge in [0.15, 0.2) is 0 Å². The first kappa shape index (κ1) is 32.1. The Morgan fingerprint density at radius 2 is 1.21 bits per heavy atom. The smallest absolute Gasteiger partial charge is 0.327 e. The average Bonchev–Trinajstić information content (AvgIpc) is 2.85. The van der Waals surface area contributed by atoms with Crippen LogP contribution < -0.4 is 10.6 Å². The monoisotopic (exact) mass is 481 g/mol. The van der Waals surface area contributed by atoms with Gasteiger partial charge < -0.3 is 20.6 Å². The fourth-order valence-corrected chi connectivity index (χ4v) is 3.96. The molecule has 1 fully saturated rings. The van der Waals surface area contributed by atoms with Crippen molar-refractivity contribution < 1.29 is 19.5 Å². The number of likely N-dealkylation sites (tertiary alicyclic amines) is 1. The van der Waals surface area contributed by atoms with Crippen molar-refractivity contribution in [1.82, 2.24) is 15.5 Å². The van der Waals surface area contributed by atoms with Crippen molar-refractivity contribution in [2.24, 2.45) is 0 Å². The molecular weight excluding hydrogens is 430 g/mol. The van der Waals surface area contributed by atoms with E-state index in [0.717, 1.165) is 38.6 Å². The first-order chi connectivity index (χ1) is 16.5. The highest BCUT2D eigenvalue weighted by atomic mass is 16.4. The molecule has 0 aromatic rings. The first-order valence-electron chi connectivity index (χ1n) is 13.6. The highest BCUT2D eigenvalue weighted by Gasteiger charge is 2.10. The molecule has 7 nitrogen and oxygen atoms in total. The molecule has 0 unspecified atom stereocenters. The number of carbonyl (C=O) groups excluding carboxylic acids is 2. The van der Waals surface area contributed by atoms with Gasteiger partial charge in [-0.15, -0.1) is 0 Å². The SMILES string of the molecule is C=CC(=O)O.CCCCCCCCCCCCNC(=O)CCC(=O)NCCCN1CCCCC1. The number of rotatable bonds is 19. The van der Waals surface area contributed by atoms with Crippen LogP contribution in [0, 0.1) is 0 Å². The fourth-order valence-electron chi connectivity index (χ4n) is 3.96. The molecule has 1 saturated heterocycles. The molecule has 0 radical (unpaired) electrons. The number of unbranched alkanes of at least 4 members (excludes halogenated alkanes) is 9. The van der Waals surface area contributed by atoms with Crippen molar-refractivity contribution in [3.63, 3.8) is 0 Å². The summed E-state index contributed by atoms with van der Waals surface area (Å²) < 4.78 is 0. The summed E-state index contributed by atoms with van der Waals surface area (Å²) in [5, 5.41) is 13.5. The van der Waals surface area contributed by atoms with Gasteiger partial charge in [-0.3, -0.25) is 9.59 Å². The van der Waals surface area contributed by atoms with Crippen LogP contribution in [0.5, 0.6) is 0 Å². The van der Waals surface area contributed by atoms with E-state index in [0.29, 0.717) is 12.8 Å². The number of aliphatic carboxylic acids is 1. The largest absolute Gasteiger partial charge is 0.478 e. The second-order valence-corrected chi connectivity index (χ2v) is 9.18. The second-order valence-electron chi connectivity index (χ2n) is 9.18. The van der Waals surface area contributed by atoms with Gasteiger partial charge in [0.1, 0.15) is 0 Å². The van der Waals surface area contributed by atoms with Crippen LogP contribution in [-0.2, 0) is 14.4 Å². The topological polar surface area (TPSA) is 98.7 Å². The molecule has 7 heteroatoms. The molecule has 0 saturated carbocycles. The molecule has 0 atom stereocenters. The maximum atomic E-state index is 11.9. The molecule has 0 aliphatic carbocycles. The third kappa shape index (κ3) is 23.3. The Balaban J connectivity index is 0.00000196. The average molecular weight is 482 g/mol. The maximum Gasteiger partial charge on any atom is 0.327 e. The van der Waals surface area contributed by atoms with E-state index >= 15 is 0 Å². The van der Waals surface area contributed by atoms with E-state index in [-0.39, 0.29) is 11.8 Å². The van der Waals surface area contributed by atoms with Crippen LogP contribution >= 0.6 is 0 Å². The van der Waals surface area contributed by atoms with Crippen molar-refractivity contribution in [2.45, 2.75) is 110 Å². The number of carboxylic acid groups (broad SMARTS) is 1. The van der Waals surface area contributed by atoms with E-state index in [1.807, 2.05) is 0 Å². The molecule has 34 heavy (non-hydrogen) atoms. The van der Waals surface area contributed by atoms with Gasteiger partial charge in [0.25, 0.3) is 0 Å². The van der Waals surface area contributed by atoms with E-state index in [9.17, 15) is 14.4 Å². The minimum absolute atomic E-state index is 0.00210. The van der Waals surface area contributed by atoms with Crippen molar-refractivity contribution in [1.29, 1.82) is 0 Å². The van der Waals surface area contributed by atoms with Crippen molar-refractivity contribution in [2.75, 3.05) is 32.7 Å². The van der Waals surface area contributed by atoms with Crippen molar-refractivity contribution >= 4 is 17.8 Å². The summed E-state index contributed by atoms with van der Waals surface area (Å²) in [6.45, 7) is 10.1. The zero-order valence-electron chi connectivity index (χ0n) is 21.8. The molecule has 1 aliphatic rings. The second kappa shape index (κ2) is 24.2. The summed E-state index contributed by atoms with van der Waals surface area (Å²) in [7, 11) is 0. The van der Waals surface area contributed by atoms with Crippen LogP contribution in [0.4, 0.5) is 0 Å². The predicted molar refractivity (Wildman–Crippen MR) is 140 cm³/mol. The highest BCUT2D eigenvalue weighted by molar-refractivity contribution is 5.83. The Bertz CT molecular complexity index is 534. The number of carbonyl (C=O) groups is 3. The third-order valence-corrected chi connectivity index (χ3v) is 6.03. The van der Waals surface area contributed by atoms with Crippen LogP contribution in [0.3, 0.4) is 0 Å². The van der Waals surface area contributed by atoms with Crippen molar-refractivity contribution in [3.05, 3.63) is 12.7 Å². The van der Waals surface area contributed by atoms with Gasteiger partial charge in [0.05, 0.1) is 0 Å². The first-order valence-corrected chi connectivity index (χ1v) is 13.6. The van der Waals surface area contributed by atoms with E-state index < -0.39 is 5.97 Å². The summed E-state index contributed by atoms with van der Waals surface area (Å²) in [6, 6.07) is 0.